The van der Waals surface area contributed by atoms with E-state index in [-0.39, 0.29) is 17.9 Å². The van der Waals surface area contributed by atoms with Crippen molar-refractivity contribution in [2.24, 2.45) is 5.92 Å². The van der Waals surface area contributed by atoms with Crippen molar-refractivity contribution >= 4 is 17.2 Å². The first-order valence-corrected chi connectivity index (χ1v) is 11.9. The minimum atomic E-state index is 0.0215. The number of thiazole rings is 1. The van der Waals surface area contributed by atoms with Crippen LogP contribution in [0.2, 0.25) is 0 Å². The lowest BCUT2D eigenvalue weighted by Crippen LogP contribution is -2.28. The number of nitrogens with zero attached hydrogens (tertiary/aromatic N) is 2. The van der Waals surface area contributed by atoms with Crippen molar-refractivity contribution in [3.8, 4) is 22.4 Å². The van der Waals surface area contributed by atoms with E-state index in [2.05, 4.69) is 95.0 Å². The van der Waals surface area contributed by atoms with Gasteiger partial charge in [0, 0.05) is 23.4 Å². The molecule has 1 amide bonds. The predicted molar refractivity (Wildman–Crippen MR) is 131 cm³/mol. The summed E-state index contributed by atoms with van der Waals surface area (Å²) in [7, 11) is 0. The minimum absolute atomic E-state index is 0.0215. The number of rotatable bonds is 5. The molecule has 0 N–H and O–H groups in total. The Morgan fingerprint density at radius 3 is 2.50 bits per heavy atom. The number of carbonyl (C=O) groups is 1. The zero-order chi connectivity index (χ0) is 22.1. The third kappa shape index (κ3) is 3.98. The van der Waals surface area contributed by atoms with Gasteiger partial charge in [0.25, 0.3) is 0 Å². The van der Waals surface area contributed by atoms with Crippen molar-refractivity contribution in [3.05, 3.63) is 100 Å². The largest absolute Gasteiger partial charge is 0.331 e. The first-order chi connectivity index (χ1) is 15.6. The van der Waals surface area contributed by atoms with Gasteiger partial charge in [-0.15, -0.1) is 11.3 Å². The van der Waals surface area contributed by atoms with Crippen LogP contribution in [-0.4, -0.2) is 15.8 Å². The lowest BCUT2D eigenvalue weighted by Gasteiger charge is -2.27. The quantitative estimate of drug-likeness (QED) is 0.340. The Hall–Kier alpha value is -3.24. The molecule has 4 heteroatoms. The second-order valence-corrected chi connectivity index (χ2v) is 9.59. The number of aryl methyl sites for hydroxylation is 1. The average Bonchev–Trinajstić information content (AvgIpc) is 3.38. The summed E-state index contributed by atoms with van der Waals surface area (Å²) in [6.45, 7) is 4.68. The Morgan fingerprint density at radius 2 is 1.72 bits per heavy atom. The van der Waals surface area contributed by atoms with Crippen LogP contribution in [-0.2, 0) is 11.3 Å². The van der Waals surface area contributed by atoms with E-state index in [9.17, 15) is 4.79 Å². The van der Waals surface area contributed by atoms with Gasteiger partial charge in [-0.2, -0.15) is 0 Å². The normalized spacial score (nSPS) is 18.3. The molecule has 1 aromatic heterocycles. The molecule has 1 saturated heterocycles. The van der Waals surface area contributed by atoms with E-state index in [1.165, 1.54) is 16.7 Å². The Kier molecular flexibility index (Phi) is 5.62. The van der Waals surface area contributed by atoms with Crippen LogP contribution in [0.4, 0.5) is 0 Å². The summed E-state index contributed by atoms with van der Waals surface area (Å²) >= 11 is 1.66. The Balaban J connectivity index is 1.49. The summed E-state index contributed by atoms with van der Waals surface area (Å²) in [5.41, 5.74) is 6.86. The van der Waals surface area contributed by atoms with Crippen molar-refractivity contribution in [2.75, 3.05) is 0 Å². The van der Waals surface area contributed by atoms with Crippen LogP contribution in [0.1, 0.15) is 35.5 Å². The fraction of sp³-hybridized carbons (Fsp3) is 0.214. The van der Waals surface area contributed by atoms with Gasteiger partial charge >= 0.3 is 0 Å². The lowest BCUT2D eigenvalue weighted by molar-refractivity contribution is -0.132. The van der Waals surface area contributed by atoms with E-state index < -0.39 is 0 Å². The fourth-order valence-electron chi connectivity index (χ4n) is 4.67. The summed E-state index contributed by atoms with van der Waals surface area (Å²) < 4.78 is 0. The molecule has 4 aromatic rings. The molecule has 3 nitrogen and oxygen atoms in total. The van der Waals surface area contributed by atoms with E-state index in [1.807, 2.05) is 13.0 Å². The molecule has 5 rings (SSSR count). The maximum absolute atomic E-state index is 13.2. The number of hydrogen-bond donors (Lipinski definition) is 0. The summed E-state index contributed by atoms with van der Waals surface area (Å²) in [4.78, 5) is 19.9. The van der Waals surface area contributed by atoms with E-state index >= 15 is 0 Å². The molecule has 2 atom stereocenters. The SMILES string of the molecule is Cc1nc(-c2cccc(CN3C(=O)C(C)CC3c3ccccc3-c3ccccc3)c2)cs1. The molecule has 1 aliphatic heterocycles. The zero-order valence-corrected chi connectivity index (χ0v) is 19.2. The van der Waals surface area contributed by atoms with Crippen molar-refractivity contribution < 1.29 is 4.79 Å². The Bertz CT molecular complexity index is 1250. The molecule has 0 radical (unpaired) electrons. The Labute approximate surface area is 193 Å². The molecule has 2 unspecified atom stereocenters. The monoisotopic (exact) mass is 438 g/mol. The first-order valence-electron chi connectivity index (χ1n) is 11.1. The molecule has 160 valence electrons. The summed E-state index contributed by atoms with van der Waals surface area (Å²) in [6, 6.07) is 27.5. The highest BCUT2D eigenvalue weighted by Gasteiger charge is 2.38. The van der Waals surface area contributed by atoms with E-state index in [1.54, 1.807) is 11.3 Å². The van der Waals surface area contributed by atoms with Gasteiger partial charge in [0.2, 0.25) is 5.91 Å². The van der Waals surface area contributed by atoms with Crippen LogP contribution < -0.4 is 0 Å². The summed E-state index contributed by atoms with van der Waals surface area (Å²) in [5, 5.41) is 3.16. The lowest BCUT2D eigenvalue weighted by atomic mass is 9.92. The molecule has 1 aliphatic rings. The second-order valence-electron chi connectivity index (χ2n) is 8.52. The molecular weight excluding hydrogens is 412 g/mol. The Morgan fingerprint density at radius 1 is 0.969 bits per heavy atom. The van der Waals surface area contributed by atoms with Gasteiger partial charge in [0.15, 0.2) is 0 Å². The third-order valence-corrected chi connectivity index (χ3v) is 7.03. The molecular formula is C28H26N2OS. The number of aromatic nitrogens is 1. The van der Waals surface area contributed by atoms with Gasteiger partial charge in [0.05, 0.1) is 16.7 Å². The van der Waals surface area contributed by atoms with Crippen LogP contribution in [0.5, 0.6) is 0 Å². The topological polar surface area (TPSA) is 33.2 Å². The van der Waals surface area contributed by atoms with Gasteiger partial charge in [0.1, 0.15) is 0 Å². The highest BCUT2D eigenvalue weighted by Crippen LogP contribution is 2.41. The van der Waals surface area contributed by atoms with Crippen molar-refractivity contribution in [2.45, 2.75) is 32.9 Å². The fourth-order valence-corrected chi connectivity index (χ4v) is 5.29. The highest BCUT2D eigenvalue weighted by molar-refractivity contribution is 7.09. The number of carbonyl (C=O) groups excluding carboxylic acids is 1. The summed E-state index contributed by atoms with van der Waals surface area (Å²) in [5.74, 6) is 0.251. The van der Waals surface area contributed by atoms with Gasteiger partial charge < -0.3 is 4.90 Å². The van der Waals surface area contributed by atoms with Crippen LogP contribution in [0.25, 0.3) is 22.4 Å². The van der Waals surface area contributed by atoms with Gasteiger partial charge in [-0.1, -0.05) is 79.7 Å². The van der Waals surface area contributed by atoms with Gasteiger partial charge in [-0.05, 0) is 41.7 Å². The van der Waals surface area contributed by atoms with Gasteiger partial charge in [-0.25, -0.2) is 4.98 Å². The molecule has 0 bridgehead atoms. The molecule has 0 aliphatic carbocycles. The molecule has 1 fully saturated rings. The number of hydrogen-bond acceptors (Lipinski definition) is 3. The maximum Gasteiger partial charge on any atom is 0.226 e. The third-order valence-electron chi connectivity index (χ3n) is 6.26. The number of likely N-dealkylation sites (tertiary alicyclic amines) is 1. The van der Waals surface area contributed by atoms with Crippen LogP contribution in [0, 0.1) is 12.8 Å². The maximum atomic E-state index is 13.2. The standard InChI is InChI=1S/C28H26N2OS/c1-19-15-27(25-14-7-6-13-24(25)22-10-4-3-5-11-22)30(28(19)31)17-21-9-8-12-23(16-21)26-18-32-20(2)29-26/h3-14,16,18-19,27H,15,17H2,1-2H3. The second kappa shape index (κ2) is 8.71. The van der Waals surface area contributed by atoms with Gasteiger partial charge in [-0.3, -0.25) is 4.79 Å². The zero-order valence-electron chi connectivity index (χ0n) is 18.4. The smallest absolute Gasteiger partial charge is 0.226 e. The van der Waals surface area contributed by atoms with Crippen LogP contribution in [0.15, 0.2) is 84.2 Å². The summed E-state index contributed by atoms with van der Waals surface area (Å²) in [6.07, 6.45) is 0.841. The molecule has 0 spiro atoms. The highest BCUT2D eigenvalue weighted by atomic mass is 32.1. The van der Waals surface area contributed by atoms with Crippen molar-refractivity contribution in [1.29, 1.82) is 0 Å². The van der Waals surface area contributed by atoms with Crippen molar-refractivity contribution in [1.82, 2.24) is 9.88 Å². The molecule has 3 aromatic carbocycles. The number of benzene rings is 3. The van der Waals surface area contributed by atoms with E-state index in [0.717, 1.165) is 28.2 Å². The first kappa shape index (κ1) is 20.7. The minimum Gasteiger partial charge on any atom is -0.331 e. The molecule has 32 heavy (non-hydrogen) atoms. The van der Waals surface area contributed by atoms with Crippen molar-refractivity contribution in [3.63, 3.8) is 0 Å². The predicted octanol–water partition coefficient (Wildman–Crippen LogP) is 6.90. The van der Waals surface area contributed by atoms with E-state index in [0.29, 0.717) is 6.54 Å². The molecule has 2 heterocycles. The van der Waals surface area contributed by atoms with E-state index in [4.69, 9.17) is 0 Å². The number of amides is 1. The average molecular weight is 439 g/mol. The van der Waals surface area contributed by atoms with Crippen LogP contribution >= 0.6 is 11.3 Å². The molecule has 0 saturated carbocycles. The van der Waals surface area contributed by atoms with Crippen LogP contribution in [0.3, 0.4) is 0 Å².